The largest absolute Gasteiger partial charge is 0.442 e. The predicted molar refractivity (Wildman–Crippen MR) is 85.1 cm³/mol. The van der Waals surface area contributed by atoms with Crippen LogP contribution in [0.15, 0.2) is 18.2 Å². The van der Waals surface area contributed by atoms with Crippen molar-refractivity contribution in [2.45, 2.75) is 6.10 Å². The number of benzene rings is 1. The van der Waals surface area contributed by atoms with E-state index in [9.17, 15) is 19.2 Å². The summed E-state index contributed by atoms with van der Waals surface area (Å²) >= 11 is 0. The van der Waals surface area contributed by atoms with E-state index in [1.54, 1.807) is 12.1 Å². The monoisotopic (exact) mass is 354 g/mol. The molecule has 0 bridgehead atoms. The van der Waals surface area contributed by atoms with Crippen molar-refractivity contribution in [2.75, 3.05) is 49.2 Å². The van der Waals surface area contributed by atoms with Crippen LogP contribution in [0.25, 0.3) is 0 Å². The fraction of sp³-hybridized carbons (Fsp3) is 0.467. The van der Waals surface area contributed by atoms with Gasteiger partial charge in [0, 0.05) is 13.1 Å². The number of hydrogen-bond donors (Lipinski definition) is 2. The van der Waals surface area contributed by atoms with Crippen LogP contribution in [0.4, 0.5) is 25.4 Å². The summed E-state index contributed by atoms with van der Waals surface area (Å²) < 4.78 is 24.8. The minimum absolute atomic E-state index is 0.0690. The Bertz CT molecular complexity index is 667. The second-order valence-electron chi connectivity index (χ2n) is 5.77. The Labute approximate surface area is 143 Å². The van der Waals surface area contributed by atoms with E-state index in [2.05, 4.69) is 0 Å². The van der Waals surface area contributed by atoms with Gasteiger partial charge in [0.25, 0.3) is 0 Å². The maximum absolute atomic E-state index is 14.5. The number of amides is 3. The van der Waals surface area contributed by atoms with Gasteiger partial charge in [0.15, 0.2) is 0 Å². The Morgan fingerprint density at radius 3 is 2.76 bits per heavy atom. The zero-order valence-corrected chi connectivity index (χ0v) is 13.4. The molecule has 2 saturated heterocycles. The van der Waals surface area contributed by atoms with Gasteiger partial charge in [-0.3, -0.25) is 10.1 Å². The number of anilines is 2. The number of carbonyl (C=O) groups is 2. The average Bonchev–Trinajstić information content (AvgIpc) is 2.95. The maximum atomic E-state index is 14.5. The number of nitrogens with two attached hydrogens (primary N) is 1. The number of hydroxylamine groups is 2. The zero-order valence-electron chi connectivity index (χ0n) is 13.4. The Morgan fingerprint density at radius 1 is 1.40 bits per heavy atom. The van der Waals surface area contributed by atoms with Crippen molar-refractivity contribution >= 4 is 23.5 Å². The summed E-state index contributed by atoms with van der Waals surface area (Å²) in [6.45, 7) is 2.09. The third-order valence-electron chi connectivity index (χ3n) is 4.10. The number of nitrogens with zero attached hydrogens (tertiary/aromatic N) is 3. The van der Waals surface area contributed by atoms with Crippen LogP contribution < -0.4 is 15.5 Å². The van der Waals surface area contributed by atoms with Crippen LogP contribution in [0.5, 0.6) is 0 Å². The van der Waals surface area contributed by atoms with E-state index in [1.807, 2.05) is 4.90 Å². The molecule has 3 rings (SSSR count). The van der Waals surface area contributed by atoms with Gasteiger partial charge in [-0.05, 0) is 18.2 Å². The number of hydrogen-bond acceptors (Lipinski definition) is 6. The van der Waals surface area contributed by atoms with Gasteiger partial charge in [-0.1, -0.05) is 0 Å². The lowest BCUT2D eigenvalue weighted by Crippen LogP contribution is -2.39. The van der Waals surface area contributed by atoms with Crippen molar-refractivity contribution in [3.8, 4) is 0 Å². The topological polar surface area (TPSA) is 109 Å². The number of morpholine rings is 1. The zero-order chi connectivity index (χ0) is 18.0. The van der Waals surface area contributed by atoms with Crippen LogP contribution >= 0.6 is 0 Å². The normalized spacial score (nSPS) is 20.6. The first-order valence-corrected chi connectivity index (χ1v) is 7.82. The molecule has 3 amide bonds. The quantitative estimate of drug-likeness (QED) is 0.610. The van der Waals surface area contributed by atoms with Gasteiger partial charge in [0.05, 0.1) is 37.7 Å². The average molecular weight is 354 g/mol. The number of carbonyl (C=O) groups excluding carboxylic acids is 2. The summed E-state index contributed by atoms with van der Waals surface area (Å²) in [4.78, 5) is 25.9. The van der Waals surface area contributed by atoms with Gasteiger partial charge in [0.2, 0.25) is 0 Å². The highest BCUT2D eigenvalue weighted by Gasteiger charge is 2.34. The molecule has 1 aromatic rings. The molecule has 0 unspecified atom stereocenters. The smallest absolute Gasteiger partial charge is 0.414 e. The molecule has 10 heteroatoms. The Balaban J connectivity index is 1.70. The highest BCUT2D eigenvalue weighted by molar-refractivity contribution is 5.90. The molecule has 3 N–H and O–H groups in total. The highest BCUT2D eigenvalue weighted by Crippen LogP contribution is 2.28. The van der Waals surface area contributed by atoms with E-state index in [1.165, 1.54) is 11.0 Å². The summed E-state index contributed by atoms with van der Waals surface area (Å²) in [7, 11) is 0. The van der Waals surface area contributed by atoms with E-state index < -0.39 is 24.0 Å². The Kier molecular flexibility index (Phi) is 4.91. The molecule has 9 nitrogen and oxygen atoms in total. The molecule has 1 atom stereocenters. The van der Waals surface area contributed by atoms with E-state index in [0.29, 0.717) is 37.7 Å². The van der Waals surface area contributed by atoms with Gasteiger partial charge in [0.1, 0.15) is 11.9 Å². The van der Waals surface area contributed by atoms with Gasteiger partial charge < -0.3 is 20.1 Å². The SMILES string of the molecule is NC(=O)N(O)C[C@H]1CN(c2ccc(N3CCOCC3)c(F)c2)C(=O)O1. The summed E-state index contributed by atoms with van der Waals surface area (Å²) in [6.07, 6.45) is -1.44. The van der Waals surface area contributed by atoms with Crippen molar-refractivity contribution in [1.29, 1.82) is 0 Å². The summed E-state index contributed by atoms with van der Waals surface area (Å²) in [5.74, 6) is -0.448. The maximum Gasteiger partial charge on any atom is 0.414 e. The molecule has 2 aliphatic rings. The molecular formula is C15H19FN4O5. The molecule has 136 valence electrons. The van der Waals surface area contributed by atoms with Crippen molar-refractivity contribution in [2.24, 2.45) is 5.73 Å². The van der Waals surface area contributed by atoms with Crippen LogP contribution in [0.1, 0.15) is 0 Å². The summed E-state index contributed by atoms with van der Waals surface area (Å²) in [5, 5.41) is 9.60. The molecule has 0 aliphatic carbocycles. The van der Waals surface area contributed by atoms with Gasteiger partial charge in [-0.25, -0.2) is 19.0 Å². The Morgan fingerprint density at radius 2 is 2.12 bits per heavy atom. The van der Waals surface area contributed by atoms with Crippen LogP contribution in [0, 0.1) is 5.82 Å². The van der Waals surface area contributed by atoms with E-state index >= 15 is 0 Å². The van der Waals surface area contributed by atoms with Crippen molar-refractivity contribution in [3.63, 3.8) is 0 Å². The van der Waals surface area contributed by atoms with Gasteiger partial charge >= 0.3 is 12.1 Å². The second kappa shape index (κ2) is 7.11. The van der Waals surface area contributed by atoms with Crippen LogP contribution in [0.2, 0.25) is 0 Å². The van der Waals surface area contributed by atoms with Crippen molar-refractivity contribution in [3.05, 3.63) is 24.0 Å². The highest BCUT2D eigenvalue weighted by atomic mass is 19.1. The van der Waals surface area contributed by atoms with Crippen LogP contribution in [-0.4, -0.2) is 67.9 Å². The first kappa shape index (κ1) is 17.2. The lowest BCUT2D eigenvalue weighted by molar-refractivity contribution is -0.0606. The molecule has 2 fully saturated rings. The van der Waals surface area contributed by atoms with E-state index in [-0.39, 0.29) is 18.2 Å². The predicted octanol–water partition coefficient (Wildman–Crippen LogP) is 0.757. The molecular weight excluding hydrogens is 335 g/mol. The fourth-order valence-electron chi connectivity index (χ4n) is 2.83. The first-order chi connectivity index (χ1) is 12.0. The van der Waals surface area contributed by atoms with E-state index in [4.69, 9.17) is 15.2 Å². The molecule has 25 heavy (non-hydrogen) atoms. The minimum atomic E-state index is -1.05. The third-order valence-corrected chi connectivity index (χ3v) is 4.10. The van der Waals surface area contributed by atoms with Crippen LogP contribution in [0.3, 0.4) is 0 Å². The molecule has 2 aliphatic heterocycles. The molecule has 1 aromatic carbocycles. The lowest BCUT2D eigenvalue weighted by Gasteiger charge is -2.29. The van der Waals surface area contributed by atoms with Crippen LogP contribution in [-0.2, 0) is 9.47 Å². The van der Waals surface area contributed by atoms with Gasteiger partial charge in [-0.2, -0.15) is 0 Å². The summed E-state index contributed by atoms with van der Waals surface area (Å²) in [6, 6.07) is 3.45. The molecule has 0 saturated carbocycles. The molecule has 0 aromatic heterocycles. The third kappa shape index (κ3) is 3.74. The number of primary amides is 1. The Hall–Kier alpha value is -2.59. The van der Waals surface area contributed by atoms with Gasteiger partial charge in [-0.15, -0.1) is 0 Å². The number of rotatable bonds is 4. The van der Waals surface area contributed by atoms with Crippen molar-refractivity contribution in [1.82, 2.24) is 5.06 Å². The second-order valence-corrected chi connectivity index (χ2v) is 5.77. The van der Waals surface area contributed by atoms with Crippen molar-refractivity contribution < 1.29 is 28.7 Å². The van der Waals surface area contributed by atoms with E-state index in [0.717, 1.165) is 0 Å². The standard InChI is InChI=1S/C15H19FN4O5/c16-12-7-10(1-2-13(12)18-3-5-24-6-4-18)19-8-11(25-15(19)22)9-20(23)14(17)21/h1-2,7,11,23H,3-6,8-9H2,(H2,17,21)/t11-/m1/s1. The lowest BCUT2D eigenvalue weighted by atomic mass is 10.2. The molecule has 0 spiro atoms. The minimum Gasteiger partial charge on any atom is -0.442 e. The number of cyclic esters (lactones) is 1. The summed E-state index contributed by atoms with van der Waals surface area (Å²) in [5.41, 5.74) is 5.71. The fourth-order valence-corrected chi connectivity index (χ4v) is 2.83. The number of halogens is 1. The molecule has 0 radical (unpaired) electrons. The molecule has 2 heterocycles. The number of ether oxygens (including phenoxy) is 2. The number of urea groups is 1. The first-order valence-electron chi connectivity index (χ1n) is 7.82.